The van der Waals surface area contributed by atoms with Gasteiger partial charge in [0.25, 0.3) is 5.56 Å². The van der Waals surface area contributed by atoms with Crippen LogP contribution in [-0.4, -0.2) is 50.3 Å². The predicted octanol–water partition coefficient (Wildman–Crippen LogP) is 2.40. The molecule has 0 aliphatic heterocycles. The molecule has 11 nitrogen and oxygen atoms in total. The number of aromatic nitrogens is 3. The maximum Gasteiger partial charge on any atom is 0.356 e. The first kappa shape index (κ1) is 25.6. The number of benzene rings is 1. The van der Waals surface area contributed by atoms with E-state index in [4.69, 9.17) is 15.6 Å². The highest BCUT2D eigenvalue weighted by Crippen LogP contribution is 2.33. The van der Waals surface area contributed by atoms with Gasteiger partial charge in [0.05, 0.1) is 12.7 Å². The molecule has 4 rings (SSSR count). The van der Waals surface area contributed by atoms with E-state index < -0.39 is 23.1 Å². The van der Waals surface area contributed by atoms with E-state index >= 15 is 0 Å². The molecule has 0 radical (unpaired) electrons. The normalized spacial score (nSPS) is 14.6. The highest BCUT2D eigenvalue weighted by Gasteiger charge is 2.26. The molecule has 35 heavy (non-hydrogen) atoms. The molecule has 3 aromatic rings. The molecular formula is C24H28N4O7. The van der Waals surface area contributed by atoms with Crippen molar-refractivity contribution in [3.63, 3.8) is 0 Å². The number of aromatic amines is 1. The second-order valence-electron chi connectivity index (χ2n) is 9.09. The molecule has 0 saturated heterocycles. The van der Waals surface area contributed by atoms with Crippen LogP contribution in [0.15, 0.2) is 29.1 Å². The molecule has 1 aromatic carbocycles. The predicted molar refractivity (Wildman–Crippen MR) is 126 cm³/mol. The summed E-state index contributed by atoms with van der Waals surface area (Å²) >= 11 is 0. The number of nitrogens with two attached hydrogens (primary N) is 1. The van der Waals surface area contributed by atoms with Gasteiger partial charge in [-0.05, 0) is 63.3 Å². The SMILES string of the molecule is COC(=O)c1cc(C(=O)O)nc2cc(=O)[nH]n12.Cc1c(C(=O)OC(C)(C)C)ccc2c1CC[C@@H]2N. The number of fused-ring (bicyclic) bond motifs is 2. The average Bonchev–Trinajstić information content (AvgIpc) is 3.34. The van der Waals surface area contributed by atoms with E-state index in [0.717, 1.165) is 42.2 Å². The van der Waals surface area contributed by atoms with Gasteiger partial charge in [0, 0.05) is 18.2 Å². The van der Waals surface area contributed by atoms with Gasteiger partial charge in [0.1, 0.15) is 5.60 Å². The molecule has 186 valence electrons. The Balaban J connectivity index is 0.000000196. The molecule has 0 spiro atoms. The first-order valence-corrected chi connectivity index (χ1v) is 10.9. The molecule has 2 heterocycles. The van der Waals surface area contributed by atoms with E-state index in [1.54, 1.807) is 0 Å². The number of H-pyrrole nitrogens is 1. The average molecular weight is 485 g/mol. The number of rotatable bonds is 3. The van der Waals surface area contributed by atoms with E-state index in [0.29, 0.717) is 5.56 Å². The van der Waals surface area contributed by atoms with E-state index in [9.17, 15) is 19.2 Å². The van der Waals surface area contributed by atoms with E-state index in [1.807, 2.05) is 39.8 Å². The minimum Gasteiger partial charge on any atom is -0.477 e. The Bertz CT molecular complexity index is 1360. The van der Waals surface area contributed by atoms with Crippen molar-refractivity contribution in [2.75, 3.05) is 7.11 Å². The summed E-state index contributed by atoms with van der Waals surface area (Å²) in [6.45, 7) is 7.62. The Morgan fingerprint density at radius 2 is 1.89 bits per heavy atom. The van der Waals surface area contributed by atoms with Gasteiger partial charge in [0.2, 0.25) is 0 Å². The van der Waals surface area contributed by atoms with Crippen molar-refractivity contribution < 1.29 is 29.0 Å². The summed E-state index contributed by atoms with van der Waals surface area (Å²) in [4.78, 5) is 49.2. The minimum atomic E-state index is -1.30. The van der Waals surface area contributed by atoms with Gasteiger partial charge in [0.15, 0.2) is 17.0 Å². The lowest BCUT2D eigenvalue weighted by Gasteiger charge is -2.21. The van der Waals surface area contributed by atoms with Gasteiger partial charge < -0.3 is 20.3 Å². The fourth-order valence-electron chi connectivity index (χ4n) is 3.83. The lowest BCUT2D eigenvalue weighted by Crippen LogP contribution is -2.24. The molecule has 4 N–H and O–H groups in total. The molecule has 0 amide bonds. The van der Waals surface area contributed by atoms with Crippen LogP contribution in [0.3, 0.4) is 0 Å². The van der Waals surface area contributed by atoms with Crippen molar-refractivity contribution in [3.8, 4) is 0 Å². The van der Waals surface area contributed by atoms with Crippen LogP contribution in [0.4, 0.5) is 0 Å². The minimum absolute atomic E-state index is 0.0373. The summed E-state index contributed by atoms with van der Waals surface area (Å²) in [6, 6.07) is 6.04. The summed E-state index contributed by atoms with van der Waals surface area (Å²) in [7, 11) is 1.15. The van der Waals surface area contributed by atoms with Gasteiger partial charge in [-0.25, -0.2) is 23.9 Å². The summed E-state index contributed by atoms with van der Waals surface area (Å²) in [5.41, 5.74) is 8.75. The number of carbonyl (C=O) groups excluding carboxylic acids is 2. The molecule has 1 atom stereocenters. The van der Waals surface area contributed by atoms with Gasteiger partial charge in [-0.3, -0.25) is 9.89 Å². The van der Waals surface area contributed by atoms with Crippen LogP contribution >= 0.6 is 0 Å². The zero-order chi connectivity index (χ0) is 26.1. The monoisotopic (exact) mass is 484 g/mol. The zero-order valence-electron chi connectivity index (χ0n) is 20.2. The highest BCUT2D eigenvalue weighted by molar-refractivity contribution is 5.93. The van der Waals surface area contributed by atoms with Crippen molar-refractivity contribution in [2.24, 2.45) is 5.73 Å². The van der Waals surface area contributed by atoms with Gasteiger partial charge >= 0.3 is 17.9 Å². The smallest absolute Gasteiger partial charge is 0.356 e. The maximum atomic E-state index is 12.1. The largest absolute Gasteiger partial charge is 0.477 e. The summed E-state index contributed by atoms with van der Waals surface area (Å²) < 4.78 is 11.0. The van der Waals surface area contributed by atoms with Crippen molar-refractivity contribution in [3.05, 3.63) is 68.3 Å². The van der Waals surface area contributed by atoms with Crippen molar-refractivity contribution in [1.82, 2.24) is 14.6 Å². The maximum absolute atomic E-state index is 12.1. The number of nitrogens with zero attached hydrogens (tertiary/aromatic N) is 2. The Morgan fingerprint density at radius 3 is 2.49 bits per heavy atom. The number of carbonyl (C=O) groups is 3. The third kappa shape index (κ3) is 5.57. The Hall–Kier alpha value is -3.99. The van der Waals surface area contributed by atoms with Crippen molar-refractivity contribution >= 4 is 23.6 Å². The lowest BCUT2D eigenvalue weighted by molar-refractivity contribution is 0.00682. The van der Waals surface area contributed by atoms with Gasteiger partial charge in [-0.2, -0.15) is 0 Å². The lowest BCUT2D eigenvalue weighted by atomic mass is 9.98. The van der Waals surface area contributed by atoms with Crippen LogP contribution in [0, 0.1) is 6.92 Å². The number of hydrogen-bond donors (Lipinski definition) is 3. The van der Waals surface area contributed by atoms with Gasteiger partial charge in [-0.15, -0.1) is 0 Å². The highest BCUT2D eigenvalue weighted by atomic mass is 16.6. The molecule has 0 saturated carbocycles. The Labute approximate surface area is 200 Å². The Morgan fingerprint density at radius 1 is 1.20 bits per heavy atom. The molecule has 0 unspecified atom stereocenters. The van der Waals surface area contributed by atoms with E-state index in [2.05, 4.69) is 14.8 Å². The van der Waals surface area contributed by atoms with Crippen LogP contribution in [-0.2, 0) is 15.9 Å². The molecule has 11 heteroatoms. The fourth-order valence-corrected chi connectivity index (χ4v) is 3.83. The number of carboxylic acid groups (broad SMARTS) is 1. The molecular weight excluding hydrogens is 456 g/mol. The molecule has 0 bridgehead atoms. The van der Waals surface area contributed by atoms with Crippen molar-refractivity contribution in [2.45, 2.75) is 52.2 Å². The standard InChI is InChI=1S/C15H21NO2.C9H7N3O5/c1-9-10-7-8-13(16)12(10)6-5-11(9)14(17)18-15(2,3)4;1-17-9(16)5-2-4(8(14)15)10-6-3-7(13)11-12(5)6/h5-6,13H,7-8,16H2,1-4H3;2-3H,1H3,(H,11,13)(H,14,15)/t13-;/m0./s1. The second-order valence-corrected chi connectivity index (χ2v) is 9.09. The van der Waals surface area contributed by atoms with Crippen LogP contribution in [0.2, 0.25) is 0 Å². The number of carboxylic acids is 1. The third-order valence-electron chi connectivity index (χ3n) is 5.43. The van der Waals surface area contributed by atoms with E-state index in [-0.39, 0.29) is 29.0 Å². The number of nitrogens with one attached hydrogen (secondary N) is 1. The molecule has 0 fully saturated rings. The number of ether oxygens (including phenoxy) is 2. The summed E-state index contributed by atoms with van der Waals surface area (Å²) in [5.74, 6) is -2.32. The quantitative estimate of drug-likeness (QED) is 0.473. The third-order valence-corrected chi connectivity index (χ3v) is 5.43. The van der Waals surface area contributed by atoms with Gasteiger partial charge in [-0.1, -0.05) is 6.07 Å². The number of hydrogen-bond acceptors (Lipinski definition) is 8. The number of esters is 2. The Kier molecular flexibility index (Phi) is 7.11. The number of methoxy groups -OCH3 is 1. The second kappa shape index (κ2) is 9.71. The molecule has 2 aromatic heterocycles. The first-order chi connectivity index (χ1) is 16.3. The summed E-state index contributed by atoms with van der Waals surface area (Å²) in [5, 5.41) is 11.1. The first-order valence-electron chi connectivity index (χ1n) is 10.9. The number of aromatic carboxylic acids is 1. The van der Waals surface area contributed by atoms with Crippen LogP contribution in [0.25, 0.3) is 5.65 Å². The fraction of sp³-hybridized carbons (Fsp3) is 0.375. The molecule has 1 aliphatic carbocycles. The summed E-state index contributed by atoms with van der Waals surface area (Å²) in [6.07, 6.45) is 1.92. The topological polar surface area (TPSA) is 166 Å². The van der Waals surface area contributed by atoms with E-state index in [1.165, 1.54) is 11.1 Å². The van der Waals surface area contributed by atoms with Crippen LogP contribution in [0.1, 0.15) is 81.3 Å². The van der Waals surface area contributed by atoms with Crippen LogP contribution < -0.4 is 11.3 Å². The van der Waals surface area contributed by atoms with Crippen LogP contribution in [0.5, 0.6) is 0 Å². The molecule has 1 aliphatic rings. The zero-order valence-corrected chi connectivity index (χ0v) is 20.2. The van der Waals surface area contributed by atoms with Crippen molar-refractivity contribution in [1.29, 1.82) is 0 Å².